The van der Waals surface area contributed by atoms with Crippen molar-refractivity contribution in [2.24, 2.45) is 0 Å². The fourth-order valence-electron chi connectivity index (χ4n) is 3.58. The third-order valence-corrected chi connectivity index (χ3v) is 7.31. The highest BCUT2D eigenvalue weighted by molar-refractivity contribution is 7.89. The van der Waals surface area contributed by atoms with Gasteiger partial charge in [-0.25, -0.2) is 13.2 Å². The minimum Gasteiger partial charge on any atom is -0.452 e. The van der Waals surface area contributed by atoms with Crippen LogP contribution in [0.25, 0.3) is 6.08 Å². The lowest BCUT2D eigenvalue weighted by Crippen LogP contribution is -2.40. The summed E-state index contributed by atoms with van der Waals surface area (Å²) < 4.78 is 36.8. The van der Waals surface area contributed by atoms with E-state index in [1.165, 1.54) is 47.0 Å². The van der Waals surface area contributed by atoms with E-state index in [-0.39, 0.29) is 17.4 Å². The molecule has 0 saturated carbocycles. The number of amides is 1. The Hall–Kier alpha value is -2.49. The van der Waals surface area contributed by atoms with E-state index in [1.807, 2.05) is 0 Å². The molecule has 1 N–H and O–H groups in total. The van der Waals surface area contributed by atoms with Crippen molar-refractivity contribution < 1.29 is 27.5 Å². The smallest absolute Gasteiger partial charge is 0.331 e. The Kier molecular flexibility index (Phi) is 9.01. The van der Waals surface area contributed by atoms with E-state index < -0.39 is 16.0 Å². The van der Waals surface area contributed by atoms with Gasteiger partial charge in [0, 0.05) is 25.7 Å². The van der Waals surface area contributed by atoms with Gasteiger partial charge in [0.25, 0.3) is 5.91 Å². The number of hydrogen-bond acceptors (Lipinski definition) is 6. The second-order valence-electron chi connectivity index (χ2n) is 7.73. The Labute approximate surface area is 189 Å². The van der Waals surface area contributed by atoms with Crippen molar-refractivity contribution >= 4 is 28.0 Å². The monoisotopic (exact) mass is 462 g/mol. The van der Waals surface area contributed by atoms with Crippen LogP contribution < -0.4 is 5.32 Å². The molecule has 0 radical (unpaired) electrons. The quantitative estimate of drug-likeness (QED) is 0.343. The third-order valence-electron chi connectivity index (χ3n) is 5.40. The van der Waals surface area contributed by atoms with Gasteiger partial charge in [0.15, 0.2) is 6.61 Å². The van der Waals surface area contributed by atoms with Crippen LogP contribution in [-0.2, 0) is 29.1 Å². The summed E-state index contributed by atoms with van der Waals surface area (Å²) in [5.41, 5.74) is 2.02. The summed E-state index contributed by atoms with van der Waals surface area (Å²) in [5, 5.41) is 2.76. The first-order valence-corrected chi connectivity index (χ1v) is 12.4. The van der Waals surface area contributed by atoms with Crippen molar-refractivity contribution in [3.05, 3.63) is 47.6 Å². The highest BCUT2D eigenvalue weighted by atomic mass is 32.2. The van der Waals surface area contributed by atoms with E-state index in [0.29, 0.717) is 38.4 Å². The Bertz CT molecular complexity index is 947. The molecular weight excluding hydrogens is 432 g/mol. The average molecular weight is 463 g/mol. The molecule has 0 bridgehead atoms. The molecule has 2 aliphatic rings. The lowest BCUT2D eigenvalue weighted by molar-refractivity contribution is -0.143. The van der Waals surface area contributed by atoms with Crippen LogP contribution in [0.2, 0.25) is 0 Å². The van der Waals surface area contributed by atoms with Gasteiger partial charge in [0.1, 0.15) is 0 Å². The Morgan fingerprint density at radius 1 is 1.12 bits per heavy atom. The molecule has 9 heteroatoms. The molecule has 0 unspecified atom stereocenters. The summed E-state index contributed by atoms with van der Waals surface area (Å²) in [6.07, 6.45) is 10.4. The van der Waals surface area contributed by atoms with Crippen LogP contribution in [0.15, 0.2) is 46.9 Å². The molecule has 8 nitrogen and oxygen atoms in total. The number of carbonyl (C=O) groups excluding carboxylic acids is 2. The first kappa shape index (κ1) is 24.2. The first-order valence-electron chi connectivity index (χ1n) is 10.9. The van der Waals surface area contributed by atoms with Crippen LogP contribution in [0, 0.1) is 0 Å². The zero-order chi connectivity index (χ0) is 22.8. The van der Waals surface area contributed by atoms with E-state index in [4.69, 9.17) is 9.47 Å². The second-order valence-corrected chi connectivity index (χ2v) is 9.67. The molecule has 0 spiro atoms. The Morgan fingerprint density at radius 2 is 1.88 bits per heavy atom. The molecule has 1 aromatic rings. The van der Waals surface area contributed by atoms with Crippen molar-refractivity contribution in [1.29, 1.82) is 0 Å². The standard InChI is InChI=1S/C23H30N2O6S/c26-22(24-13-12-19-4-2-1-3-5-19)18-31-23(27)11-8-20-6-9-21(10-7-20)32(28,29)25-14-16-30-17-15-25/h4,6-11H,1-3,5,12-18H2,(H,24,26)/b11-8+. The zero-order valence-corrected chi connectivity index (χ0v) is 18.9. The van der Waals surface area contributed by atoms with Gasteiger partial charge in [-0.2, -0.15) is 4.31 Å². The predicted octanol–water partition coefficient (Wildman–Crippen LogP) is 2.27. The predicted molar refractivity (Wildman–Crippen MR) is 120 cm³/mol. The van der Waals surface area contributed by atoms with Crippen LogP contribution in [0.4, 0.5) is 0 Å². The number of nitrogens with one attached hydrogen (secondary N) is 1. The first-order chi connectivity index (χ1) is 15.4. The maximum absolute atomic E-state index is 12.6. The van der Waals surface area contributed by atoms with Crippen LogP contribution in [0.3, 0.4) is 0 Å². The normalized spacial score (nSPS) is 17.7. The molecule has 0 aromatic heterocycles. The number of rotatable bonds is 9. The summed E-state index contributed by atoms with van der Waals surface area (Å²) in [7, 11) is -3.55. The fourth-order valence-corrected chi connectivity index (χ4v) is 4.99. The molecule has 32 heavy (non-hydrogen) atoms. The number of esters is 1. The number of sulfonamides is 1. The van der Waals surface area contributed by atoms with Gasteiger partial charge in [-0.15, -0.1) is 0 Å². The topological polar surface area (TPSA) is 102 Å². The van der Waals surface area contributed by atoms with Gasteiger partial charge in [0.05, 0.1) is 18.1 Å². The van der Waals surface area contributed by atoms with E-state index in [9.17, 15) is 18.0 Å². The minimum atomic E-state index is -3.55. The van der Waals surface area contributed by atoms with Gasteiger partial charge in [-0.1, -0.05) is 23.8 Å². The van der Waals surface area contributed by atoms with Crippen LogP contribution in [-0.4, -0.2) is 64.1 Å². The molecule has 1 heterocycles. The maximum atomic E-state index is 12.6. The highest BCUT2D eigenvalue weighted by Gasteiger charge is 2.25. The molecule has 0 atom stereocenters. The number of nitrogens with zero attached hydrogens (tertiary/aromatic N) is 1. The van der Waals surface area contributed by atoms with Crippen LogP contribution in [0.5, 0.6) is 0 Å². The van der Waals surface area contributed by atoms with Gasteiger partial charge < -0.3 is 14.8 Å². The zero-order valence-electron chi connectivity index (χ0n) is 18.1. The Balaban J connectivity index is 1.40. The van der Waals surface area contributed by atoms with Crippen molar-refractivity contribution in [3.8, 4) is 0 Å². The number of hydrogen-bond donors (Lipinski definition) is 1. The van der Waals surface area contributed by atoms with Gasteiger partial charge >= 0.3 is 5.97 Å². The number of carbonyl (C=O) groups is 2. The average Bonchev–Trinajstić information content (AvgIpc) is 2.83. The Morgan fingerprint density at radius 3 is 2.56 bits per heavy atom. The summed E-state index contributed by atoms with van der Waals surface area (Å²) in [6, 6.07) is 6.24. The number of allylic oxidation sites excluding steroid dienone is 1. The van der Waals surface area contributed by atoms with Gasteiger partial charge in [-0.05, 0) is 55.9 Å². The number of benzene rings is 1. The van der Waals surface area contributed by atoms with Crippen LogP contribution in [0.1, 0.15) is 37.7 Å². The van der Waals surface area contributed by atoms with Gasteiger partial charge in [0.2, 0.25) is 10.0 Å². The number of ether oxygens (including phenoxy) is 2. The molecule has 1 fully saturated rings. The molecule has 174 valence electrons. The lowest BCUT2D eigenvalue weighted by Gasteiger charge is -2.26. The largest absolute Gasteiger partial charge is 0.452 e. The van der Waals surface area contributed by atoms with E-state index in [1.54, 1.807) is 12.1 Å². The lowest BCUT2D eigenvalue weighted by atomic mass is 9.97. The minimum absolute atomic E-state index is 0.194. The van der Waals surface area contributed by atoms with Crippen molar-refractivity contribution in [1.82, 2.24) is 9.62 Å². The van der Waals surface area contributed by atoms with E-state index in [0.717, 1.165) is 19.3 Å². The molecule has 3 rings (SSSR count). The molecule has 1 aliphatic carbocycles. The third kappa shape index (κ3) is 7.29. The summed E-state index contributed by atoms with van der Waals surface area (Å²) >= 11 is 0. The molecular formula is C23H30N2O6S. The summed E-state index contributed by atoms with van der Waals surface area (Å²) in [4.78, 5) is 23.9. The SMILES string of the molecule is O=C(COC(=O)/C=C/c1ccc(S(=O)(=O)N2CCOCC2)cc1)NCCC1=CCCCC1. The maximum Gasteiger partial charge on any atom is 0.331 e. The molecule has 1 aromatic carbocycles. The molecule has 1 saturated heterocycles. The van der Waals surface area contributed by atoms with E-state index >= 15 is 0 Å². The van der Waals surface area contributed by atoms with Crippen molar-refractivity contribution in [2.75, 3.05) is 39.5 Å². The highest BCUT2D eigenvalue weighted by Crippen LogP contribution is 2.19. The van der Waals surface area contributed by atoms with E-state index in [2.05, 4.69) is 11.4 Å². The molecule has 1 aliphatic heterocycles. The number of morpholine rings is 1. The summed E-state index contributed by atoms with van der Waals surface area (Å²) in [6.45, 7) is 1.65. The van der Waals surface area contributed by atoms with Crippen molar-refractivity contribution in [2.45, 2.75) is 37.0 Å². The van der Waals surface area contributed by atoms with Crippen LogP contribution >= 0.6 is 0 Å². The summed E-state index contributed by atoms with van der Waals surface area (Å²) in [5.74, 6) is -0.971. The molecule has 1 amide bonds. The van der Waals surface area contributed by atoms with Crippen molar-refractivity contribution in [3.63, 3.8) is 0 Å². The second kappa shape index (κ2) is 11.9. The fraction of sp³-hybridized carbons (Fsp3) is 0.478. The van der Waals surface area contributed by atoms with Gasteiger partial charge in [-0.3, -0.25) is 4.79 Å².